The van der Waals surface area contributed by atoms with Gasteiger partial charge in [0.25, 0.3) is 0 Å². The number of rotatable bonds is 5. The molecule has 0 bridgehead atoms. The molecular weight excluding hydrogens is 290 g/mol. The predicted octanol–water partition coefficient (Wildman–Crippen LogP) is 3.07. The quantitative estimate of drug-likeness (QED) is 0.849. The Morgan fingerprint density at radius 3 is 2.09 bits per heavy atom. The Balaban J connectivity index is 2.04. The van der Waals surface area contributed by atoms with Gasteiger partial charge in [-0.25, -0.2) is 0 Å². The van der Waals surface area contributed by atoms with Crippen molar-refractivity contribution >= 4 is 0 Å². The van der Waals surface area contributed by atoms with E-state index in [2.05, 4.69) is 39.1 Å². The van der Waals surface area contributed by atoms with E-state index in [-0.39, 0.29) is 6.04 Å². The monoisotopic (exact) mass is 313 g/mol. The Hall–Kier alpha value is -2.14. The Kier molecular flexibility index (Phi) is 5.08. The lowest BCUT2D eigenvalue weighted by Gasteiger charge is -2.34. The summed E-state index contributed by atoms with van der Waals surface area (Å²) in [6.07, 6.45) is 3.72. The summed E-state index contributed by atoms with van der Waals surface area (Å²) in [5, 5.41) is 0. The fourth-order valence-electron chi connectivity index (χ4n) is 3.09. The first-order chi connectivity index (χ1) is 11.3. The summed E-state index contributed by atoms with van der Waals surface area (Å²) >= 11 is 0. The van der Waals surface area contributed by atoms with Gasteiger partial charge in [0.2, 0.25) is 11.8 Å². The van der Waals surface area contributed by atoms with Crippen molar-refractivity contribution in [3.05, 3.63) is 47.8 Å². The lowest BCUT2D eigenvalue weighted by molar-refractivity contribution is 0.179. The van der Waals surface area contributed by atoms with Gasteiger partial charge in [-0.05, 0) is 31.5 Å². The molecule has 5 heteroatoms. The van der Waals surface area contributed by atoms with E-state index < -0.39 is 0 Å². The van der Waals surface area contributed by atoms with Crippen LogP contribution in [0.15, 0.2) is 36.4 Å². The predicted molar refractivity (Wildman–Crippen MR) is 88.8 cm³/mol. The van der Waals surface area contributed by atoms with Crippen molar-refractivity contribution in [3.8, 4) is 11.8 Å². The molecule has 2 heterocycles. The molecule has 0 N–H and O–H groups in total. The number of aromatic nitrogens is 2. The van der Waals surface area contributed by atoms with Crippen molar-refractivity contribution in [2.24, 2.45) is 0 Å². The molecule has 5 nitrogen and oxygen atoms in total. The molecule has 1 aromatic heterocycles. The van der Waals surface area contributed by atoms with Gasteiger partial charge >= 0.3 is 0 Å². The number of benzene rings is 1. The van der Waals surface area contributed by atoms with E-state index in [0.717, 1.165) is 18.9 Å². The summed E-state index contributed by atoms with van der Waals surface area (Å²) in [6.45, 7) is 2.12. The highest BCUT2D eigenvalue weighted by Gasteiger charge is 2.27. The second-order valence-electron chi connectivity index (χ2n) is 5.72. The van der Waals surface area contributed by atoms with Gasteiger partial charge in [-0.1, -0.05) is 36.8 Å². The molecule has 0 amide bonds. The molecule has 1 unspecified atom stereocenters. The number of methoxy groups -OCH3 is 2. The summed E-state index contributed by atoms with van der Waals surface area (Å²) < 4.78 is 10.6. The molecular formula is C18H23N3O2. The number of piperidine rings is 1. The van der Waals surface area contributed by atoms with E-state index in [1.807, 2.05) is 6.07 Å². The average Bonchev–Trinajstić information content (AvgIpc) is 2.63. The van der Waals surface area contributed by atoms with Crippen LogP contribution in [0.4, 0.5) is 0 Å². The van der Waals surface area contributed by atoms with Gasteiger partial charge in [0.15, 0.2) is 5.82 Å². The number of ether oxygens (including phenoxy) is 2. The minimum atomic E-state index is 0.0282. The second kappa shape index (κ2) is 7.42. The number of hydrogen-bond acceptors (Lipinski definition) is 5. The highest BCUT2D eigenvalue weighted by Crippen LogP contribution is 2.31. The van der Waals surface area contributed by atoms with Crippen molar-refractivity contribution in [2.75, 3.05) is 27.3 Å². The van der Waals surface area contributed by atoms with Crippen LogP contribution in [0.3, 0.4) is 0 Å². The van der Waals surface area contributed by atoms with Crippen LogP contribution in [0.25, 0.3) is 0 Å². The molecule has 23 heavy (non-hydrogen) atoms. The molecule has 3 rings (SSSR count). The van der Waals surface area contributed by atoms with Crippen LogP contribution in [0, 0.1) is 0 Å². The molecule has 0 radical (unpaired) electrons. The lowest BCUT2D eigenvalue weighted by atomic mass is 10.0. The van der Waals surface area contributed by atoms with E-state index in [1.54, 1.807) is 20.3 Å². The number of nitrogens with zero attached hydrogens (tertiary/aromatic N) is 3. The number of hydrogen-bond donors (Lipinski definition) is 0. The molecule has 122 valence electrons. The van der Waals surface area contributed by atoms with E-state index in [9.17, 15) is 0 Å². The van der Waals surface area contributed by atoms with Crippen molar-refractivity contribution in [2.45, 2.75) is 25.3 Å². The minimum Gasteiger partial charge on any atom is -0.481 e. The van der Waals surface area contributed by atoms with E-state index in [1.165, 1.54) is 24.8 Å². The summed E-state index contributed by atoms with van der Waals surface area (Å²) in [4.78, 5) is 11.6. The van der Waals surface area contributed by atoms with Crippen LogP contribution in [0.1, 0.15) is 36.7 Å². The zero-order chi connectivity index (χ0) is 16.1. The van der Waals surface area contributed by atoms with Gasteiger partial charge < -0.3 is 9.47 Å². The maximum atomic E-state index is 5.32. The SMILES string of the molecule is COc1cc(OC)nc(C(c2ccccc2)N2CCCCC2)n1. The average molecular weight is 313 g/mol. The van der Waals surface area contributed by atoms with Gasteiger partial charge in [0, 0.05) is 0 Å². The fraction of sp³-hybridized carbons (Fsp3) is 0.444. The van der Waals surface area contributed by atoms with Gasteiger partial charge in [-0.3, -0.25) is 4.90 Å². The maximum Gasteiger partial charge on any atom is 0.220 e. The molecule has 1 aliphatic rings. The Morgan fingerprint density at radius 2 is 1.52 bits per heavy atom. The number of likely N-dealkylation sites (tertiary alicyclic amines) is 1. The van der Waals surface area contributed by atoms with Crippen LogP contribution < -0.4 is 9.47 Å². The minimum absolute atomic E-state index is 0.0282. The Bertz CT molecular complexity index is 605. The first-order valence-corrected chi connectivity index (χ1v) is 8.08. The van der Waals surface area contributed by atoms with Gasteiger partial charge in [0.05, 0.1) is 26.3 Å². The van der Waals surface area contributed by atoms with Crippen molar-refractivity contribution in [3.63, 3.8) is 0 Å². The third kappa shape index (κ3) is 3.62. The van der Waals surface area contributed by atoms with E-state index in [4.69, 9.17) is 9.47 Å². The maximum absolute atomic E-state index is 5.32. The third-order valence-electron chi connectivity index (χ3n) is 4.23. The summed E-state index contributed by atoms with van der Waals surface area (Å²) in [7, 11) is 3.23. The molecule has 0 saturated carbocycles. The van der Waals surface area contributed by atoms with Crippen molar-refractivity contribution in [1.29, 1.82) is 0 Å². The van der Waals surface area contributed by atoms with Crippen LogP contribution in [0.2, 0.25) is 0 Å². The van der Waals surface area contributed by atoms with Crippen molar-refractivity contribution in [1.82, 2.24) is 14.9 Å². The van der Waals surface area contributed by atoms with E-state index in [0.29, 0.717) is 11.8 Å². The van der Waals surface area contributed by atoms with Crippen LogP contribution in [-0.4, -0.2) is 42.2 Å². The third-order valence-corrected chi connectivity index (χ3v) is 4.23. The topological polar surface area (TPSA) is 47.5 Å². The molecule has 2 aromatic rings. The Morgan fingerprint density at radius 1 is 0.913 bits per heavy atom. The molecule has 1 saturated heterocycles. The van der Waals surface area contributed by atoms with Crippen LogP contribution in [-0.2, 0) is 0 Å². The summed E-state index contributed by atoms with van der Waals surface area (Å²) in [6, 6.07) is 12.2. The zero-order valence-corrected chi connectivity index (χ0v) is 13.7. The largest absolute Gasteiger partial charge is 0.481 e. The molecule has 1 aromatic carbocycles. The standard InChI is InChI=1S/C18H23N3O2/c1-22-15-13-16(23-2)20-18(19-15)17(14-9-5-3-6-10-14)21-11-7-4-8-12-21/h3,5-6,9-10,13,17H,4,7-8,11-12H2,1-2H3. The van der Waals surface area contributed by atoms with Crippen molar-refractivity contribution < 1.29 is 9.47 Å². The van der Waals surface area contributed by atoms with Crippen LogP contribution in [0.5, 0.6) is 11.8 Å². The fourth-order valence-corrected chi connectivity index (χ4v) is 3.09. The second-order valence-corrected chi connectivity index (χ2v) is 5.72. The zero-order valence-electron chi connectivity index (χ0n) is 13.7. The molecule has 1 aliphatic heterocycles. The highest BCUT2D eigenvalue weighted by molar-refractivity contribution is 5.29. The molecule has 0 spiro atoms. The summed E-state index contributed by atoms with van der Waals surface area (Å²) in [5.74, 6) is 1.80. The van der Waals surface area contributed by atoms with Gasteiger partial charge in [0.1, 0.15) is 0 Å². The smallest absolute Gasteiger partial charge is 0.220 e. The molecule has 1 fully saturated rings. The first kappa shape index (κ1) is 15.7. The molecule has 1 atom stereocenters. The van der Waals surface area contributed by atoms with Gasteiger partial charge in [-0.15, -0.1) is 0 Å². The Labute approximate surface area is 137 Å². The lowest BCUT2D eigenvalue weighted by Crippen LogP contribution is -2.35. The van der Waals surface area contributed by atoms with E-state index >= 15 is 0 Å². The summed E-state index contributed by atoms with van der Waals surface area (Å²) in [5.41, 5.74) is 1.20. The normalized spacial score (nSPS) is 16.8. The molecule has 0 aliphatic carbocycles. The van der Waals surface area contributed by atoms with Gasteiger partial charge in [-0.2, -0.15) is 9.97 Å². The highest BCUT2D eigenvalue weighted by atomic mass is 16.5. The first-order valence-electron chi connectivity index (χ1n) is 8.08. The van der Waals surface area contributed by atoms with Crippen LogP contribution >= 0.6 is 0 Å².